The van der Waals surface area contributed by atoms with E-state index in [-0.39, 0.29) is 0 Å². The van der Waals surface area contributed by atoms with E-state index in [9.17, 15) is 0 Å². The van der Waals surface area contributed by atoms with Crippen LogP contribution < -0.4 is 20.1 Å². The monoisotopic (exact) mass is 362 g/mol. The van der Waals surface area contributed by atoms with Crippen molar-refractivity contribution in [2.24, 2.45) is 4.99 Å². The number of aliphatic imine (C=N–C) groups is 1. The van der Waals surface area contributed by atoms with E-state index in [1.54, 1.807) is 13.2 Å². The molecule has 26 heavy (non-hydrogen) atoms. The van der Waals surface area contributed by atoms with Crippen molar-refractivity contribution in [2.75, 3.05) is 46.4 Å². The molecule has 0 aliphatic rings. The van der Waals surface area contributed by atoms with E-state index in [1.165, 1.54) is 0 Å². The minimum Gasteiger partial charge on any atom is -0.493 e. The van der Waals surface area contributed by atoms with Crippen molar-refractivity contribution >= 4 is 5.96 Å². The third-order valence-electron chi connectivity index (χ3n) is 3.97. The maximum Gasteiger partial charge on any atom is 0.191 e. The van der Waals surface area contributed by atoms with Gasteiger partial charge in [-0.2, -0.15) is 0 Å². The highest BCUT2D eigenvalue weighted by atomic mass is 16.5. The summed E-state index contributed by atoms with van der Waals surface area (Å²) in [6, 6.07) is 5.96. The van der Waals surface area contributed by atoms with E-state index in [4.69, 9.17) is 9.47 Å². The molecule has 0 aliphatic heterocycles. The van der Waals surface area contributed by atoms with Crippen molar-refractivity contribution in [2.45, 2.75) is 27.3 Å². The molecule has 0 saturated heterocycles. The summed E-state index contributed by atoms with van der Waals surface area (Å²) in [5.74, 6) is 2.27. The fraction of sp³-hybridized carbons (Fsp3) is 0.550. The van der Waals surface area contributed by atoms with Gasteiger partial charge in [0.1, 0.15) is 6.61 Å². The molecule has 0 heterocycles. The Morgan fingerprint density at radius 2 is 1.96 bits per heavy atom. The van der Waals surface area contributed by atoms with Crippen molar-refractivity contribution in [3.05, 3.63) is 36.4 Å². The van der Waals surface area contributed by atoms with Crippen LogP contribution in [0.25, 0.3) is 0 Å². The van der Waals surface area contributed by atoms with Gasteiger partial charge in [0.25, 0.3) is 0 Å². The molecule has 0 unspecified atom stereocenters. The van der Waals surface area contributed by atoms with Gasteiger partial charge in [-0.1, -0.05) is 26.0 Å². The lowest BCUT2D eigenvalue weighted by Gasteiger charge is -2.19. The topological polar surface area (TPSA) is 58.1 Å². The normalized spacial score (nSPS) is 11.3. The van der Waals surface area contributed by atoms with Gasteiger partial charge < -0.3 is 25.0 Å². The first-order valence-corrected chi connectivity index (χ1v) is 9.33. The first-order valence-electron chi connectivity index (χ1n) is 9.33. The molecule has 0 spiro atoms. The first-order chi connectivity index (χ1) is 12.7. The number of hydrogen-bond acceptors (Lipinski definition) is 4. The Bertz CT molecular complexity index is 557. The Kier molecular flexibility index (Phi) is 11.0. The predicted octanol–water partition coefficient (Wildman–Crippen LogP) is 2.66. The molecule has 0 amide bonds. The van der Waals surface area contributed by atoms with Crippen LogP contribution in [-0.4, -0.2) is 57.3 Å². The van der Waals surface area contributed by atoms with Crippen LogP contribution in [-0.2, 0) is 6.54 Å². The van der Waals surface area contributed by atoms with Crippen molar-refractivity contribution in [1.29, 1.82) is 0 Å². The van der Waals surface area contributed by atoms with E-state index in [2.05, 4.69) is 41.0 Å². The number of likely N-dealkylation sites (N-methyl/N-ethyl adjacent to an activating group) is 1. The Morgan fingerprint density at radius 1 is 1.19 bits per heavy atom. The first kappa shape index (κ1) is 21.8. The van der Waals surface area contributed by atoms with Crippen LogP contribution in [0.3, 0.4) is 0 Å². The van der Waals surface area contributed by atoms with Gasteiger partial charge in [0.15, 0.2) is 17.5 Å². The van der Waals surface area contributed by atoms with Crippen LogP contribution in [0.1, 0.15) is 26.3 Å². The van der Waals surface area contributed by atoms with Gasteiger partial charge >= 0.3 is 0 Å². The number of nitrogens with zero attached hydrogens (tertiary/aromatic N) is 2. The number of guanidine groups is 1. The third-order valence-corrected chi connectivity index (χ3v) is 3.97. The van der Waals surface area contributed by atoms with Crippen LogP contribution >= 0.6 is 0 Å². The molecule has 2 N–H and O–H groups in total. The van der Waals surface area contributed by atoms with E-state index in [1.807, 2.05) is 25.1 Å². The van der Waals surface area contributed by atoms with Gasteiger partial charge in [0, 0.05) is 19.6 Å². The fourth-order valence-electron chi connectivity index (χ4n) is 2.44. The average Bonchev–Trinajstić information content (AvgIpc) is 2.67. The Labute approximate surface area is 158 Å². The lowest BCUT2D eigenvalue weighted by atomic mass is 10.2. The van der Waals surface area contributed by atoms with Crippen LogP contribution in [0.15, 0.2) is 35.8 Å². The van der Waals surface area contributed by atoms with Gasteiger partial charge in [-0.3, -0.25) is 0 Å². The number of ether oxygens (including phenoxy) is 2. The average molecular weight is 363 g/mol. The molecule has 1 rings (SSSR count). The summed E-state index contributed by atoms with van der Waals surface area (Å²) in [5, 5.41) is 6.40. The van der Waals surface area contributed by atoms with Crippen LogP contribution in [0.5, 0.6) is 11.5 Å². The molecule has 6 heteroatoms. The SMILES string of the molecule is C=CCNC(=NCc1ccc(OCCN(CC)CC)c(OC)c1)NCC. The minimum absolute atomic E-state index is 0.558. The molecular weight excluding hydrogens is 328 g/mol. The molecule has 0 saturated carbocycles. The lowest BCUT2D eigenvalue weighted by molar-refractivity contribution is 0.217. The smallest absolute Gasteiger partial charge is 0.191 e. The molecule has 0 atom stereocenters. The molecule has 0 radical (unpaired) electrons. The van der Waals surface area contributed by atoms with Crippen molar-refractivity contribution in [1.82, 2.24) is 15.5 Å². The van der Waals surface area contributed by atoms with Gasteiger partial charge in [-0.15, -0.1) is 6.58 Å². The maximum atomic E-state index is 5.90. The Hall–Kier alpha value is -2.21. The number of nitrogens with one attached hydrogen (secondary N) is 2. The van der Waals surface area contributed by atoms with Crippen molar-refractivity contribution in [3.63, 3.8) is 0 Å². The lowest BCUT2D eigenvalue weighted by Crippen LogP contribution is -2.37. The standard InChI is InChI=1S/C20H34N4O2/c1-6-12-22-20(21-7-2)23-16-17-10-11-18(19(15-17)25-5)26-14-13-24(8-3)9-4/h6,10-11,15H,1,7-9,12-14,16H2,2-5H3,(H2,21,22,23). The van der Waals surface area contributed by atoms with E-state index in [0.717, 1.165) is 49.2 Å². The van der Waals surface area contributed by atoms with E-state index >= 15 is 0 Å². The summed E-state index contributed by atoms with van der Waals surface area (Å²) in [6.45, 7) is 15.7. The van der Waals surface area contributed by atoms with Gasteiger partial charge in [-0.25, -0.2) is 4.99 Å². The quantitative estimate of drug-likeness (QED) is 0.340. The highest BCUT2D eigenvalue weighted by Gasteiger charge is 2.07. The highest BCUT2D eigenvalue weighted by molar-refractivity contribution is 5.79. The molecule has 0 fully saturated rings. The summed E-state index contributed by atoms with van der Waals surface area (Å²) in [4.78, 5) is 6.90. The second-order valence-electron chi connectivity index (χ2n) is 5.73. The fourth-order valence-corrected chi connectivity index (χ4v) is 2.44. The Balaban J connectivity index is 2.70. The largest absolute Gasteiger partial charge is 0.493 e. The van der Waals surface area contributed by atoms with Crippen LogP contribution in [0.4, 0.5) is 0 Å². The summed E-state index contributed by atoms with van der Waals surface area (Å²) < 4.78 is 11.4. The van der Waals surface area contributed by atoms with Crippen molar-refractivity contribution in [3.8, 4) is 11.5 Å². The summed E-state index contributed by atoms with van der Waals surface area (Å²) in [6.07, 6.45) is 1.81. The second kappa shape index (κ2) is 13.1. The molecule has 0 bridgehead atoms. The molecular formula is C20H34N4O2. The van der Waals surface area contributed by atoms with E-state index < -0.39 is 0 Å². The van der Waals surface area contributed by atoms with Gasteiger partial charge in [0.05, 0.1) is 13.7 Å². The molecule has 6 nitrogen and oxygen atoms in total. The number of hydrogen-bond donors (Lipinski definition) is 2. The Morgan fingerprint density at radius 3 is 2.58 bits per heavy atom. The van der Waals surface area contributed by atoms with Gasteiger partial charge in [0.2, 0.25) is 0 Å². The summed E-state index contributed by atoms with van der Waals surface area (Å²) in [5.41, 5.74) is 1.06. The molecule has 0 aromatic heterocycles. The predicted molar refractivity (Wildman–Crippen MR) is 109 cm³/mol. The minimum atomic E-state index is 0.558. The maximum absolute atomic E-state index is 5.90. The van der Waals surface area contributed by atoms with Crippen LogP contribution in [0, 0.1) is 0 Å². The zero-order valence-corrected chi connectivity index (χ0v) is 16.7. The number of methoxy groups -OCH3 is 1. The number of benzene rings is 1. The van der Waals surface area contributed by atoms with Crippen molar-refractivity contribution < 1.29 is 9.47 Å². The second-order valence-corrected chi connectivity index (χ2v) is 5.73. The third kappa shape index (κ3) is 7.78. The zero-order chi connectivity index (χ0) is 19.2. The van der Waals surface area contributed by atoms with Crippen LogP contribution in [0.2, 0.25) is 0 Å². The molecule has 146 valence electrons. The van der Waals surface area contributed by atoms with E-state index in [0.29, 0.717) is 19.7 Å². The zero-order valence-electron chi connectivity index (χ0n) is 16.7. The molecule has 1 aromatic rings. The van der Waals surface area contributed by atoms with Gasteiger partial charge in [-0.05, 0) is 37.7 Å². The summed E-state index contributed by atoms with van der Waals surface area (Å²) in [7, 11) is 1.66. The summed E-state index contributed by atoms with van der Waals surface area (Å²) >= 11 is 0. The highest BCUT2D eigenvalue weighted by Crippen LogP contribution is 2.28. The molecule has 1 aromatic carbocycles. The number of rotatable bonds is 12. The molecule has 0 aliphatic carbocycles.